The summed E-state index contributed by atoms with van der Waals surface area (Å²) in [5, 5.41) is 2.82. The smallest absolute Gasteiger partial charge is 0.318 e. The highest BCUT2D eigenvalue weighted by molar-refractivity contribution is 5.74. The number of nitrogens with zero attached hydrogens (tertiary/aromatic N) is 2. The molecule has 1 heterocycles. The quantitative estimate of drug-likeness (QED) is 0.723. The molecular formula is C23H26FN3O2. The first-order valence-electron chi connectivity index (χ1n) is 9.73. The first kappa shape index (κ1) is 20.7. The molecule has 0 aliphatic carbocycles. The summed E-state index contributed by atoms with van der Waals surface area (Å²) in [5.74, 6) is 2.16. The molecule has 1 aliphatic rings. The third-order valence-corrected chi connectivity index (χ3v) is 4.98. The van der Waals surface area contributed by atoms with Crippen LogP contribution in [-0.4, -0.2) is 43.8 Å². The SMILES string of the molecule is C#CCN(C[C@H]1CCCO1)C(=O)NCc1ccc(N(C)c2ccccc2)c(F)c1. The predicted molar refractivity (Wildman–Crippen MR) is 113 cm³/mol. The number of halogens is 1. The maximum absolute atomic E-state index is 14.7. The fourth-order valence-electron chi connectivity index (χ4n) is 3.38. The van der Waals surface area contributed by atoms with Crippen molar-refractivity contribution in [1.82, 2.24) is 10.2 Å². The van der Waals surface area contributed by atoms with Crippen molar-refractivity contribution in [1.29, 1.82) is 0 Å². The third-order valence-electron chi connectivity index (χ3n) is 4.98. The molecule has 2 amide bonds. The number of terminal acetylenes is 1. The van der Waals surface area contributed by atoms with E-state index in [9.17, 15) is 9.18 Å². The molecule has 3 rings (SSSR count). The molecule has 1 saturated heterocycles. The van der Waals surface area contributed by atoms with E-state index in [2.05, 4.69) is 11.2 Å². The van der Waals surface area contributed by atoms with Gasteiger partial charge in [-0.1, -0.05) is 30.2 Å². The van der Waals surface area contributed by atoms with Crippen LogP contribution in [0, 0.1) is 18.2 Å². The van der Waals surface area contributed by atoms with Crippen LogP contribution in [0.3, 0.4) is 0 Å². The molecule has 1 N–H and O–H groups in total. The molecule has 1 fully saturated rings. The zero-order chi connectivity index (χ0) is 20.6. The van der Waals surface area contributed by atoms with Crippen LogP contribution in [0.1, 0.15) is 18.4 Å². The second-order valence-corrected chi connectivity index (χ2v) is 7.06. The Labute approximate surface area is 171 Å². The van der Waals surface area contributed by atoms with Gasteiger partial charge in [0, 0.05) is 32.4 Å². The average Bonchev–Trinajstić information content (AvgIpc) is 3.25. The van der Waals surface area contributed by atoms with Crippen LogP contribution >= 0.6 is 0 Å². The van der Waals surface area contributed by atoms with E-state index in [1.54, 1.807) is 15.9 Å². The molecule has 152 valence electrons. The highest BCUT2D eigenvalue weighted by Gasteiger charge is 2.22. The Balaban J connectivity index is 1.60. The molecule has 5 nitrogen and oxygen atoms in total. The van der Waals surface area contributed by atoms with E-state index >= 15 is 0 Å². The normalized spacial score (nSPS) is 15.6. The van der Waals surface area contributed by atoms with Crippen LogP contribution in [-0.2, 0) is 11.3 Å². The van der Waals surface area contributed by atoms with E-state index in [0.29, 0.717) is 17.8 Å². The number of hydrogen-bond acceptors (Lipinski definition) is 3. The molecule has 2 aromatic carbocycles. The summed E-state index contributed by atoms with van der Waals surface area (Å²) < 4.78 is 20.2. The molecule has 2 aromatic rings. The van der Waals surface area contributed by atoms with Gasteiger partial charge in [0.05, 0.1) is 18.3 Å². The lowest BCUT2D eigenvalue weighted by molar-refractivity contribution is 0.0845. The summed E-state index contributed by atoms with van der Waals surface area (Å²) in [6.07, 6.45) is 7.35. The van der Waals surface area contributed by atoms with E-state index in [1.807, 2.05) is 43.4 Å². The minimum absolute atomic E-state index is 0.0272. The van der Waals surface area contributed by atoms with Gasteiger partial charge in [-0.3, -0.25) is 0 Å². The fraction of sp³-hybridized carbons (Fsp3) is 0.348. The molecule has 0 saturated carbocycles. The first-order chi connectivity index (χ1) is 14.1. The van der Waals surface area contributed by atoms with Gasteiger partial charge in [0.25, 0.3) is 0 Å². The predicted octanol–water partition coefficient (Wildman–Crippen LogP) is 3.92. The number of ether oxygens (including phenoxy) is 1. The van der Waals surface area contributed by atoms with Crippen molar-refractivity contribution in [2.24, 2.45) is 0 Å². The van der Waals surface area contributed by atoms with Gasteiger partial charge in [-0.25, -0.2) is 9.18 Å². The van der Waals surface area contributed by atoms with Gasteiger partial charge in [-0.2, -0.15) is 0 Å². The Kier molecular flexibility index (Phi) is 7.09. The Hall–Kier alpha value is -3.04. The number of rotatable bonds is 7. The molecule has 0 unspecified atom stereocenters. The minimum atomic E-state index is -0.345. The minimum Gasteiger partial charge on any atom is -0.376 e. The Bertz CT molecular complexity index is 860. The Morgan fingerprint density at radius 2 is 2.10 bits per heavy atom. The number of hydrogen-bond donors (Lipinski definition) is 1. The largest absolute Gasteiger partial charge is 0.376 e. The van der Waals surface area contributed by atoms with Crippen LogP contribution in [0.4, 0.5) is 20.6 Å². The average molecular weight is 395 g/mol. The highest BCUT2D eigenvalue weighted by Crippen LogP contribution is 2.26. The summed E-state index contributed by atoms with van der Waals surface area (Å²) >= 11 is 0. The maximum atomic E-state index is 14.7. The number of carbonyl (C=O) groups is 1. The van der Waals surface area contributed by atoms with Gasteiger partial charge in [-0.15, -0.1) is 6.42 Å². The van der Waals surface area contributed by atoms with Gasteiger partial charge in [0.2, 0.25) is 0 Å². The Morgan fingerprint density at radius 3 is 2.76 bits per heavy atom. The van der Waals surface area contributed by atoms with Crippen molar-refractivity contribution < 1.29 is 13.9 Å². The van der Waals surface area contributed by atoms with Gasteiger partial charge in [-0.05, 0) is 42.7 Å². The monoisotopic (exact) mass is 395 g/mol. The lowest BCUT2D eigenvalue weighted by Gasteiger charge is -2.24. The zero-order valence-electron chi connectivity index (χ0n) is 16.6. The van der Waals surface area contributed by atoms with E-state index in [0.717, 1.165) is 25.1 Å². The number of amides is 2. The molecule has 1 aliphatic heterocycles. The third kappa shape index (κ3) is 5.49. The lowest BCUT2D eigenvalue weighted by Crippen LogP contribution is -2.43. The van der Waals surface area contributed by atoms with E-state index in [1.165, 1.54) is 6.07 Å². The Morgan fingerprint density at radius 1 is 1.31 bits per heavy atom. The number of benzene rings is 2. The van der Waals surface area contributed by atoms with Crippen molar-refractivity contribution in [3.63, 3.8) is 0 Å². The van der Waals surface area contributed by atoms with Crippen LogP contribution < -0.4 is 10.2 Å². The van der Waals surface area contributed by atoms with E-state index in [4.69, 9.17) is 11.2 Å². The number of carbonyl (C=O) groups excluding carboxylic acids is 1. The molecule has 0 aromatic heterocycles. The highest BCUT2D eigenvalue weighted by atomic mass is 19.1. The molecular weight excluding hydrogens is 369 g/mol. The first-order valence-corrected chi connectivity index (χ1v) is 9.73. The van der Waals surface area contributed by atoms with Crippen molar-refractivity contribution in [2.45, 2.75) is 25.5 Å². The summed E-state index contributed by atoms with van der Waals surface area (Å²) in [4.78, 5) is 15.8. The summed E-state index contributed by atoms with van der Waals surface area (Å²) in [6, 6.07) is 14.3. The second kappa shape index (κ2) is 9.94. The number of nitrogens with one attached hydrogen (secondary N) is 1. The molecule has 29 heavy (non-hydrogen) atoms. The van der Waals surface area contributed by atoms with Crippen LogP contribution in [0.15, 0.2) is 48.5 Å². The number of para-hydroxylation sites is 1. The lowest BCUT2D eigenvalue weighted by atomic mass is 10.1. The van der Waals surface area contributed by atoms with Gasteiger partial charge >= 0.3 is 6.03 Å². The summed E-state index contributed by atoms with van der Waals surface area (Å²) in [6.45, 7) is 1.61. The van der Waals surface area contributed by atoms with E-state index < -0.39 is 0 Å². The van der Waals surface area contributed by atoms with Crippen molar-refractivity contribution in [3.05, 3.63) is 59.9 Å². The molecule has 0 radical (unpaired) electrons. The number of urea groups is 1. The van der Waals surface area contributed by atoms with Crippen LogP contribution in [0.5, 0.6) is 0 Å². The van der Waals surface area contributed by atoms with Crippen molar-refractivity contribution >= 4 is 17.4 Å². The summed E-state index contributed by atoms with van der Waals surface area (Å²) in [7, 11) is 1.82. The van der Waals surface area contributed by atoms with Crippen molar-refractivity contribution in [2.75, 3.05) is 31.6 Å². The van der Waals surface area contributed by atoms with Crippen LogP contribution in [0.25, 0.3) is 0 Å². The zero-order valence-corrected chi connectivity index (χ0v) is 16.6. The molecule has 1 atom stereocenters. The molecule has 0 bridgehead atoms. The number of anilines is 2. The van der Waals surface area contributed by atoms with Gasteiger partial charge in [0.15, 0.2) is 0 Å². The maximum Gasteiger partial charge on any atom is 0.318 e. The molecule has 6 heteroatoms. The van der Waals surface area contributed by atoms with Crippen molar-refractivity contribution in [3.8, 4) is 12.3 Å². The van der Waals surface area contributed by atoms with E-state index in [-0.39, 0.29) is 31.0 Å². The standard InChI is InChI=1S/C23H26FN3O2/c1-3-13-27(17-20-10-7-14-29-20)23(28)25-16-18-11-12-22(21(24)15-18)26(2)19-8-5-4-6-9-19/h1,4-6,8-9,11-12,15,20H,7,10,13-14,16-17H2,2H3,(H,25,28)/t20-/m1/s1. The van der Waals surface area contributed by atoms with Gasteiger partial charge < -0.3 is 19.9 Å². The second-order valence-electron chi connectivity index (χ2n) is 7.06. The fourth-order valence-corrected chi connectivity index (χ4v) is 3.38. The van der Waals surface area contributed by atoms with Crippen LogP contribution in [0.2, 0.25) is 0 Å². The molecule has 0 spiro atoms. The topological polar surface area (TPSA) is 44.8 Å². The van der Waals surface area contributed by atoms with Gasteiger partial charge in [0.1, 0.15) is 5.82 Å². The summed E-state index contributed by atoms with van der Waals surface area (Å²) in [5.41, 5.74) is 2.05.